The molecule has 4 aliphatic carbocycles. The van der Waals surface area contributed by atoms with Gasteiger partial charge in [-0.05, 0) is 116 Å². The summed E-state index contributed by atoms with van der Waals surface area (Å²) in [6.45, 7) is 10.9. The number of nitrogens with one attached hydrogen (secondary N) is 1. The molecule has 8 nitrogen and oxygen atoms in total. The first-order chi connectivity index (χ1) is 19.6. The van der Waals surface area contributed by atoms with Crippen molar-refractivity contribution in [2.24, 2.45) is 23.7 Å². The molecule has 1 aliphatic heterocycles. The molecule has 0 unspecified atom stereocenters. The first-order valence-corrected chi connectivity index (χ1v) is 15.6. The highest BCUT2D eigenvalue weighted by Crippen LogP contribution is 2.56. The summed E-state index contributed by atoms with van der Waals surface area (Å²) in [6.07, 6.45) is 6.76. The molecule has 0 radical (unpaired) electrons. The molecule has 1 N–H and O–H groups in total. The molecule has 5 fully saturated rings. The third-order valence-corrected chi connectivity index (χ3v) is 9.42. The van der Waals surface area contributed by atoms with E-state index in [1.54, 1.807) is 44.0 Å². The van der Waals surface area contributed by atoms with Crippen LogP contribution in [0.5, 0.6) is 0 Å². The van der Waals surface area contributed by atoms with Crippen molar-refractivity contribution in [1.29, 1.82) is 0 Å². The van der Waals surface area contributed by atoms with Crippen LogP contribution in [0, 0.1) is 23.7 Å². The van der Waals surface area contributed by atoms with Crippen molar-refractivity contribution >= 4 is 58.2 Å². The van der Waals surface area contributed by atoms with Gasteiger partial charge in [-0.15, -0.1) is 0 Å². The Hall–Kier alpha value is -2.71. The number of amides is 2. The maximum absolute atomic E-state index is 14.3. The van der Waals surface area contributed by atoms with E-state index in [0.717, 1.165) is 25.7 Å². The molecule has 2 heterocycles. The van der Waals surface area contributed by atoms with Crippen LogP contribution in [0.15, 0.2) is 17.7 Å². The summed E-state index contributed by atoms with van der Waals surface area (Å²) in [7, 11) is 0. The van der Waals surface area contributed by atoms with Crippen molar-refractivity contribution in [3.05, 3.63) is 39.0 Å². The van der Waals surface area contributed by atoms with Crippen molar-refractivity contribution in [3.8, 4) is 0 Å². The first-order valence-electron chi connectivity index (χ1n) is 14.9. The zero-order valence-corrected chi connectivity index (χ0v) is 26.6. The maximum Gasteiger partial charge on any atom is 0.429 e. The van der Waals surface area contributed by atoms with Gasteiger partial charge in [-0.1, -0.05) is 23.2 Å². The third kappa shape index (κ3) is 5.41. The van der Waals surface area contributed by atoms with E-state index in [1.807, 2.05) is 20.8 Å². The zero-order chi connectivity index (χ0) is 30.3. The summed E-state index contributed by atoms with van der Waals surface area (Å²) in [5.41, 5.74) is 0.0591. The number of hydrazine groups is 1. The van der Waals surface area contributed by atoms with Gasteiger partial charge in [0.2, 0.25) is 0 Å². The number of benzene rings is 1. The molecule has 2 amide bonds. The second-order valence-electron chi connectivity index (χ2n) is 14.5. The quantitative estimate of drug-likeness (QED) is 0.283. The average molecular weight is 617 g/mol. The largest absolute Gasteiger partial charge is 0.455 e. The minimum Gasteiger partial charge on any atom is -0.455 e. The second kappa shape index (κ2) is 10.2. The second-order valence-corrected chi connectivity index (χ2v) is 15.3. The van der Waals surface area contributed by atoms with Crippen LogP contribution in [-0.2, 0) is 14.3 Å². The summed E-state index contributed by atoms with van der Waals surface area (Å²) >= 11 is 12.9. The molecule has 1 saturated heterocycles. The molecule has 1 aromatic heterocycles. The van der Waals surface area contributed by atoms with Crippen LogP contribution >= 0.6 is 23.2 Å². The molecular formula is C32H39Cl2N3O5. The molecule has 4 saturated carbocycles. The topological polar surface area (TPSA) is 91.9 Å². The van der Waals surface area contributed by atoms with Crippen LogP contribution in [0.1, 0.15) is 89.7 Å². The van der Waals surface area contributed by atoms with Gasteiger partial charge < -0.3 is 14.5 Å². The number of ether oxygens (including phenoxy) is 2. The lowest BCUT2D eigenvalue weighted by atomic mass is 9.54. The van der Waals surface area contributed by atoms with Gasteiger partial charge in [0, 0.05) is 27.1 Å². The molecule has 42 heavy (non-hydrogen) atoms. The number of esters is 1. The molecule has 0 atom stereocenters. The van der Waals surface area contributed by atoms with Gasteiger partial charge in [-0.25, -0.2) is 19.6 Å². The standard InChI is InChI=1S/C32H39Cl2N3O5/c1-31(2,3)41-29(39)26-22(25-23(34)13-21(33)14-24(25)35-26)12-20-15-36(30(40)42-32(4,5)6)37(28(20)38)27-18-8-16-7-17(10-18)11-19(27)9-16/h12-14,16-19,27,35H,7-11,15H2,1-6H3/b20-12+. The lowest BCUT2D eigenvalue weighted by molar-refractivity contribution is -0.160. The molecule has 2 aromatic rings. The number of aromatic nitrogens is 1. The van der Waals surface area contributed by atoms with E-state index in [-0.39, 0.29) is 24.2 Å². The predicted octanol–water partition coefficient (Wildman–Crippen LogP) is 7.63. The molecule has 226 valence electrons. The predicted molar refractivity (Wildman–Crippen MR) is 162 cm³/mol. The summed E-state index contributed by atoms with van der Waals surface area (Å²) in [4.78, 5) is 44.4. The Balaban J connectivity index is 1.44. The van der Waals surface area contributed by atoms with Gasteiger partial charge in [-0.2, -0.15) is 0 Å². The van der Waals surface area contributed by atoms with Crippen molar-refractivity contribution in [3.63, 3.8) is 0 Å². The molecule has 0 spiro atoms. The Labute approximate surface area is 256 Å². The van der Waals surface area contributed by atoms with Crippen LogP contribution in [-0.4, -0.2) is 56.8 Å². The normalized spacial score (nSPS) is 28.3. The van der Waals surface area contributed by atoms with Gasteiger partial charge in [0.25, 0.3) is 5.91 Å². The van der Waals surface area contributed by atoms with E-state index in [9.17, 15) is 14.4 Å². The van der Waals surface area contributed by atoms with Crippen molar-refractivity contribution < 1.29 is 23.9 Å². The highest BCUT2D eigenvalue weighted by atomic mass is 35.5. The van der Waals surface area contributed by atoms with Crippen LogP contribution in [0.2, 0.25) is 10.0 Å². The average Bonchev–Trinajstić information content (AvgIpc) is 3.35. The van der Waals surface area contributed by atoms with E-state index >= 15 is 0 Å². The minimum atomic E-state index is -0.743. The highest BCUT2D eigenvalue weighted by Gasteiger charge is 2.55. The summed E-state index contributed by atoms with van der Waals surface area (Å²) in [5.74, 6) is 1.32. The number of hydrogen-bond acceptors (Lipinski definition) is 5. The number of halogens is 2. The smallest absolute Gasteiger partial charge is 0.429 e. The lowest BCUT2D eigenvalue weighted by Crippen LogP contribution is -2.61. The fourth-order valence-electron chi connectivity index (χ4n) is 7.81. The Kier molecular flexibility index (Phi) is 7.12. The Bertz CT molecular complexity index is 1470. The van der Waals surface area contributed by atoms with Crippen LogP contribution in [0.4, 0.5) is 4.79 Å². The van der Waals surface area contributed by atoms with Crippen molar-refractivity contribution in [1.82, 2.24) is 15.0 Å². The van der Waals surface area contributed by atoms with Gasteiger partial charge in [0.15, 0.2) is 0 Å². The molecule has 1 aromatic carbocycles. The van der Waals surface area contributed by atoms with E-state index in [1.165, 1.54) is 11.4 Å². The number of rotatable bonds is 3. The zero-order valence-electron chi connectivity index (χ0n) is 25.1. The van der Waals surface area contributed by atoms with E-state index < -0.39 is 23.3 Å². The first kappa shape index (κ1) is 29.4. The molecule has 10 heteroatoms. The van der Waals surface area contributed by atoms with Crippen LogP contribution in [0.25, 0.3) is 17.0 Å². The van der Waals surface area contributed by atoms with E-state index in [0.29, 0.717) is 55.8 Å². The Morgan fingerprint density at radius 1 is 0.929 bits per heavy atom. The molecular weight excluding hydrogens is 577 g/mol. The molecule has 4 bridgehead atoms. The SMILES string of the molecule is CC(C)(C)OC(=O)c1[nH]c2cc(Cl)cc(Cl)c2c1/C=C1\CN(C(=O)OC(C)(C)C)N(C2C3CC4CC(C3)CC2C4)C1=O. The number of aromatic amines is 1. The lowest BCUT2D eigenvalue weighted by Gasteiger charge is -2.57. The van der Waals surface area contributed by atoms with Gasteiger partial charge >= 0.3 is 12.1 Å². The number of carbonyl (C=O) groups is 3. The molecule has 7 rings (SSSR count). The summed E-state index contributed by atoms with van der Waals surface area (Å²) < 4.78 is 11.5. The van der Waals surface area contributed by atoms with Crippen LogP contribution < -0.4 is 0 Å². The minimum absolute atomic E-state index is 0.0299. The van der Waals surface area contributed by atoms with Crippen molar-refractivity contribution in [2.45, 2.75) is 90.9 Å². The number of hydrogen-bond donors (Lipinski definition) is 1. The van der Waals surface area contributed by atoms with Gasteiger partial charge in [-0.3, -0.25) is 4.79 Å². The van der Waals surface area contributed by atoms with E-state index in [4.69, 9.17) is 32.7 Å². The van der Waals surface area contributed by atoms with Crippen LogP contribution in [0.3, 0.4) is 0 Å². The number of H-pyrrole nitrogens is 1. The maximum atomic E-state index is 14.3. The molecule has 5 aliphatic rings. The Morgan fingerprint density at radius 2 is 1.52 bits per heavy atom. The summed E-state index contributed by atoms with van der Waals surface area (Å²) in [6, 6.07) is 3.23. The highest BCUT2D eigenvalue weighted by molar-refractivity contribution is 6.39. The van der Waals surface area contributed by atoms with E-state index in [2.05, 4.69) is 4.98 Å². The summed E-state index contributed by atoms with van der Waals surface area (Å²) in [5, 5.41) is 4.46. The third-order valence-electron chi connectivity index (χ3n) is 8.90. The number of nitrogens with zero attached hydrogens (tertiary/aromatic N) is 2. The number of fused-ring (bicyclic) bond motifs is 1. The van der Waals surface area contributed by atoms with Gasteiger partial charge in [0.1, 0.15) is 16.9 Å². The van der Waals surface area contributed by atoms with Gasteiger partial charge in [0.05, 0.1) is 17.6 Å². The number of carbonyl (C=O) groups excluding carboxylic acids is 3. The Morgan fingerprint density at radius 3 is 2.10 bits per heavy atom. The fourth-order valence-corrected chi connectivity index (χ4v) is 8.41. The fraction of sp³-hybridized carbons (Fsp3) is 0.594. The monoisotopic (exact) mass is 615 g/mol. The van der Waals surface area contributed by atoms with Crippen molar-refractivity contribution in [2.75, 3.05) is 6.54 Å².